The molecule has 0 radical (unpaired) electrons. The first-order chi connectivity index (χ1) is 18.7. The van der Waals surface area contributed by atoms with Crippen molar-refractivity contribution >= 4 is 22.5 Å². The number of pyridine rings is 1. The first-order valence-electron chi connectivity index (χ1n) is 14.7. The Bertz CT molecular complexity index is 1230. The Morgan fingerprint density at radius 3 is 2.45 bits per heavy atom. The largest absolute Gasteiger partial charge is 0.384 e. The van der Waals surface area contributed by atoms with Crippen LogP contribution in [0.2, 0.25) is 0 Å². The quantitative estimate of drug-likeness (QED) is 0.409. The van der Waals surface area contributed by atoms with E-state index in [1.807, 2.05) is 11.0 Å². The lowest BCUT2D eigenvalue weighted by Gasteiger charge is -2.32. The van der Waals surface area contributed by atoms with Crippen LogP contribution in [-0.2, 0) is 13.1 Å². The molecule has 2 fully saturated rings. The number of amides is 1. The summed E-state index contributed by atoms with van der Waals surface area (Å²) < 4.78 is 0. The van der Waals surface area contributed by atoms with Gasteiger partial charge in [-0.1, -0.05) is 48.5 Å². The van der Waals surface area contributed by atoms with Crippen LogP contribution < -0.4 is 10.6 Å². The minimum absolute atomic E-state index is 0.156. The molecular formula is C32H41N5O. The van der Waals surface area contributed by atoms with Crippen molar-refractivity contribution in [1.82, 2.24) is 20.1 Å². The highest BCUT2D eigenvalue weighted by molar-refractivity contribution is 6.09. The number of rotatable bonds is 9. The second-order valence-corrected chi connectivity index (χ2v) is 11.5. The molecule has 38 heavy (non-hydrogen) atoms. The molecular weight excluding hydrogens is 470 g/mol. The van der Waals surface area contributed by atoms with Gasteiger partial charge >= 0.3 is 0 Å². The summed E-state index contributed by atoms with van der Waals surface area (Å²) in [6.45, 7) is 7.95. The number of likely N-dealkylation sites (tertiary alicyclic amines) is 1. The lowest BCUT2D eigenvalue weighted by molar-refractivity contribution is 0.0766. The Balaban J connectivity index is 1.08. The van der Waals surface area contributed by atoms with E-state index in [4.69, 9.17) is 4.98 Å². The molecule has 3 aliphatic heterocycles. The maximum atomic E-state index is 13.6. The SMILES string of the molecule is O=C1c2c(nc3ccccc3c2NCCC2CCN(Cc3ccccc3)CC2)CN1CCC1CCNCC1. The number of piperidine rings is 2. The van der Waals surface area contributed by atoms with Gasteiger partial charge in [0.25, 0.3) is 5.91 Å². The molecule has 0 bridgehead atoms. The van der Waals surface area contributed by atoms with Gasteiger partial charge in [0.2, 0.25) is 0 Å². The smallest absolute Gasteiger partial charge is 0.258 e. The number of benzene rings is 2. The molecule has 2 aromatic carbocycles. The third kappa shape index (κ3) is 5.71. The summed E-state index contributed by atoms with van der Waals surface area (Å²) >= 11 is 0. The van der Waals surface area contributed by atoms with Crippen LogP contribution in [0, 0.1) is 11.8 Å². The van der Waals surface area contributed by atoms with E-state index in [-0.39, 0.29) is 5.91 Å². The van der Waals surface area contributed by atoms with Gasteiger partial charge in [-0.05, 0) is 88.2 Å². The summed E-state index contributed by atoms with van der Waals surface area (Å²) in [7, 11) is 0. The van der Waals surface area contributed by atoms with E-state index in [1.54, 1.807) is 0 Å². The predicted octanol–water partition coefficient (Wildman–Crippen LogP) is 5.29. The van der Waals surface area contributed by atoms with Gasteiger partial charge < -0.3 is 15.5 Å². The van der Waals surface area contributed by atoms with Crippen molar-refractivity contribution in [2.75, 3.05) is 44.6 Å². The highest BCUT2D eigenvalue weighted by Crippen LogP contribution is 2.35. The fourth-order valence-electron chi connectivity index (χ4n) is 6.57. The fraction of sp³-hybridized carbons (Fsp3) is 0.500. The van der Waals surface area contributed by atoms with Crippen molar-refractivity contribution in [3.63, 3.8) is 0 Å². The van der Waals surface area contributed by atoms with E-state index in [1.165, 1.54) is 31.2 Å². The van der Waals surface area contributed by atoms with Crippen molar-refractivity contribution in [1.29, 1.82) is 0 Å². The molecule has 200 valence electrons. The van der Waals surface area contributed by atoms with Gasteiger partial charge in [0.15, 0.2) is 0 Å². The van der Waals surface area contributed by atoms with Gasteiger partial charge in [-0.15, -0.1) is 0 Å². The molecule has 2 saturated heterocycles. The Morgan fingerprint density at radius 2 is 1.63 bits per heavy atom. The summed E-state index contributed by atoms with van der Waals surface area (Å²) in [5.74, 6) is 1.60. The van der Waals surface area contributed by atoms with Gasteiger partial charge in [0.1, 0.15) is 0 Å². The third-order valence-corrected chi connectivity index (χ3v) is 8.89. The molecule has 3 aliphatic rings. The van der Waals surface area contributed by atoms with Crippen LogP contribution >= 0.6 is 0 Å². The van der Waals surface area contributed by atoms with Crippen LogP contribution in [0.15, 0.2) is 54.6 Å². The number of aromatic nitrogens is 1. The van der Waals surface area contributed by atoms with E-state index in [0.29, 0.717) is 6.54 Å². The van der Waals surface area contributed by atoms with Crippen LogP contribution in [0.1, 0.15) is 60.1 Å². The Morgan fingerprint density at radius 1 is 0.895 bits per heavy atom. The zero-order chi connectivity index (χ0) is 25.7. The molecule has 0 aliphatic carbocycles. The lowest BCUT2D eigenvalue weighted by Crippen LogP contribution is -2.33. The van der Waals surface area contributed by atoms with Crippen LogP contribution in [0.4, 0.5) is 5.69 Å². The van der Waals surface area contributed by atoms with Crippen LogP contribution in [0.3, 0.4) is 0 Å². The number of carbonyl (C=O) groups is 1. The Hall–Kier alpha value is -2.96. The van der Waals surface area contributed by atoms with E-state index in [9.17, 15) is 4.79 Å². The predicted molar refractivity (Wildman–Crippen MR) is 154 cm³/mol. The molecule has 6 heteroatoms. The summed E-state index contributed by atoms with van der Waals surface area (Å²) in [4.78, 5) is 23.2. The van der Waals surface area contributed by atoms with Crippen molar-refractivity contribution in [3.8, 4) is 0 Å². The fourth-order valence-corrected chi connectivity index (χ4v) is 6.57. The van der Waals surface area contributed by atoms with Crippen LogP contribution in [0.25, 0.3) is 10.9 Å². The van der Waals surface area contributed by atoms with E-state index < -0.39 is 0 Å². The highest BCUT2D eigenvalue weighted by Gasteiger charge is 2.33. The summed E-state index contributed by atoms with van der Waals surface area (Å²) in [5.41, 5.74) is 5.14. The first-order valence-corrected chi connectivity index (χ1v) is 14.7. The lowest BCUT2D eigenvalue weighted by atomic mass is 9.93. The summed E-state index contributed by atoms with van der Waals surface area (Å²) in [5, 5.41) is 8.25. The van der Waals surface area contributed by atoms with Crippen LogP contribution in [-0.4, -0.2) is 60.0 Å². The average molecular weight is 512 g/mol. The molecule has 1 aromatic heterocycles. The average Bonchev–Trinajstić information content (AvgIpc) is 3.28. The normalized spacial score (nSPS) is 19.3. The van der Waals surface area contributed by atoms with Crippen molar-refractivity contribution in [3.05, 3.63) is 71.4 Å². The number of hydrogen-bond donors (Lipinski definition) is 2. The summed E-state index contributed by atoms with van der Waals surface area (Å²) in [6, 6.07) is 19.1. The highest BCUT2D eigenvalue weighted by atomic mass is 16.2. The molecule has 0 unspecified atom stereocenters. The molecule has 0 saturated carbocycles. The standard InChI is InChI=1S/C32H41N5O/c38-32-30-29(23-37(32)21-15-24-10-16-33-17-11-24)35-28-9-5-4-8-27(28)31(30)34-18-12-25-13-19-36(20-14-25)22-26-6-2-1-3-7-26/h1-9,24-25,33H,10-23H2,(H,34,35). The van der Waals surface area contributed by atoms with Crippen LogP contribution in [0.5, 0.6) is 0 Å². The topological polar surface area (TPSA) is 60.5 Å². The van der Waals surface area contributed by atoms with Crippen molar-refractivity contribution in [2.24, 2.45) is 11.8 Å². The zero-order valence-corrected chi connectivity index (χ0v) is 22.5. The number of para-hydroxylation sites is 1. The maximum Gasteiger partial charge on any atom is 0.258 e. The van der Waals surface area contributed by atoms with Gasteiger partial charge in [-0.3, -0.25) is 9.69 Å². The van der Waals surface area contributed by atoms with Crippen molar-refractivity contribution in [2.45, 2.75) is 51.6 Å². The second-order valence-electron chi connectivity index (χ2n) is 11.5. The minimum atomic E-state index is 0.156. The third-order valence-electron chi connectivity index (χ3n) is 8.89. The molecule has 4 heterocycles. The first kappa shape index (κ1) is 25.3. The number of anilines is 1. The number of nitrogens with one attached hydrogen (secondary N) is 2. The maximum absolute atomic E-state index is 13.6. The van der Waals surface area contributed by atoms with E-state index >= 15 is 0 Å². The van der Waals surface area contributed by atoms with E-state index in [2.05, 4.69) is 64.1 Å². The Kier molecular flexibility index (Phi) is 7.89. The second kappa shape index (κ2) is 11.8. The van der Waals surface area contributed by atoms with Gasteiger partial charge in [0.05, 0.1) is 29.0 Å². The molecule has 0 spiro atoms. The number of hydrogen-bond acceptors (Lipinski definition) is 5. The molecule has 0 atom stereocenters. The number of fused-ring (bicyclic) bond motifs is 2. The molecule has 6 rings (SSSR count). The summed E-state index contributed by atoms with van der Waals surface area (Å²) in [6.07, 6.45) is 7.15. The molecule has 6 nitrogen and oxygen atoms in total. The molecule has 2 N–H and O–H groups in total. The number of nitrogens with zero attached hydrogens (tertiary/aromatic N) is 3. The van der Waals surface area contributed by atoms with Gasteiger partial charge in [-0.25, -0.2) is 4.98 Å². The Labute approximate surface area is 226 Å². The monoisotopic (exact) mass is 511 g/mol. The van der Waals surface area contributed by atoms with E-state index in [0.717, 1.165) is 98.3 Å². The van der Waals surface area contributed by atoms with Crippen molar-refractivity contribution < 1.29 is 4.79 Å². The molecule has 3 aromatic rings. The molecule has 1 amide bonds. The minimum Gasteiger partial charge on any atom is -0.384 e. The van der Waals surface area contributed by atoms with Gasteiger partial charge in [-0.2, -0.15) is 0 Å². The number of carbonyl (C=O) groups excluding carboxylic acids is 1. The van der Waals surface area contributed by atoms with Gasteiger partial charge in [0, 0.05) is 25.0 Å². The zero-order valence-electron chi connectivity index (χ0n) is 22.5.